The summed E-state index contributed by atoms with van der Waals surface area (Å²) in [5.74, 6) is 0.778. The molecule has 0 bridgehead atoms. The van der Waals surface area contributed by atoms with Gasteiger partial charge in [-0.1, -0.05) is 6.92 Å². The van der Waals surface area contributed by atoms with Crippen LogP contribution in [0.2, 0.25) is 0 Å². The van der Waals surface area contributed by atoms with Crippen LogP contribution in [0.25, 0.3) is 10.2 Å². The number of thiophene rings is 1. The molecule has 3 aromatic heterocycles. The van der Waals surface area contributed by atoms with Gasteiger partial charge in [-0.05, 0) is 32.8 Å². The van der Waals surface area contributed by atoms with E-state index in [0.29, 0.717) is 0 Å². The number of fused-ring (bicyclic) bond motifs is 1. The molecule has 110 valence electrons. The Balaban J connectivity index is 2.20. The number of H-pyrrole nitrogens is 1. The smallest absolute Gasteiger partial charge is 0.263 e. The summed E-state index contributed by atoms with van der Waals surface area (Å²) in [4.78, 5) is 26.8. The summed E-state index contributed by atoms with van der Waals surface area (Å²) in [5.41, 5.74) is 2.12. The Morgan fingerprint density at radius 2 is 2.14 bits per heavy atom. The van der Waals surface area contributed by atoms with Crippen LogP contribution in [0.5, 0.6) is 0 Å². The molecule has 0 aliphatic rings. The molecule has 1 N–H and O–H groups in total. The monoisotopic (exact) mass is 302 g/mol. The van der Waals surface area contributed by atoms with Crippen LogP contribution in [0, 0.1) is 13.8 Å². The standard InChI is InChI=1S/C15H18N4OS/c1-5-11-10(4)21-14-12(11)15(20)19(7-17-14)9(3)13-16-6-8(2)18-13/h6-7,9H,5H2,1-4H3,(H,16,18)/t9-/m0/s1. The fraction of sp³-hybridized carbons (Fsp3) is 0.400. The zero-order valence-electron chi connectivity index (χ0n) is 12.6. The molecule has 0 saturated heterocycles. The third-order valence-electron chi connectivity index (χ3n) is 3.83. The molecule has 0 aliphatic heterocycles. The summed E-state index contributed by atoms with van der Waals surface area (Å²) in [5, 5.41) is 0.762. The molecule has 21 heavy (non-hydrogen) atoms. The van der Waals surface area contributed by atoms with E-state index >= 15 is 0 Å². The van der Waals surface area contributed by atoms with Gasteiger partial charge >= 0.3 is 0 Å². The number of hydrogen-bond acceptors (Lipinski definition) is 4. The Morgan fingerprint density at radius 1 is 1.38 bits per heavy atom. The highest BCUT2D eigenvalue weighted by atomic mass is 32.1. The molecule has 0 aliphatic carbocycles. The first-order chi connectivity index (χ1) is 10.0. The highest BCUT2D eigenvalue weighted by Crippen LogP contribution is 2.27. The minimum absolute atomic E-state index is 0.0164. The van der Waals surface area contributed by atoms with Gasteiger partial charge in [0, 0.05) is 16.8 Å². The molecule has 0 spiro atoms. The second kappa shape index (κ2) is 5.11. The van der Waals surface area contributed by atoms with Gasteiger partial charge in [-0.15, -0.1) is 11.3 Å². The van der Waals surface area contributed by atoms with Crippen molar-refractivity contribution in [2.24, 2.45) is 0 Å². The van der Waals surface area contributed by atoms with Crippen LogP contribution in [0.3, 0.4) is 0 Å². The fourth-order valence-corrected chi connectivity index (χ4v) is 3.72. The lowest BCUT2D eigenvalue weighted by Crippen LogP contribution is -2.25. The molecule has 0 fully saturated rings. The van der Waals surface area contributed by atoms with E-state index in [2.05, 4.69) is 21.9 Å². The molecule has 1 atom stereocenters. The second-order valence-electron chi connectivity index (χ2n) is 5.25. The van der Waals surface area contributed by atoms with Gasteiger partial charge < -0.3 is 4.98 Å². The number of aromatic amines is 1. The number of imidazole rings is 1. The highest BCUT2D eigenvalue weighted by molar-refractivity contribution is 7.18. The zero-order chi connectivity index (χ0) is 15.1. The number of aryl methyl sites for hydroxylation is 3. The zero-order valence-corrected chi connectivity index (χ0v) is 13.4. The van der Waals surface area contributed by atoms with E-state index in [4.69, 9.17) is 0 Å². The van der Waals surface area contributed by atoms with Crippen LogP contribution in [0.1, 0.15) is 41.8 Å². The third kappa shape index (κ3) is 2.19. The fourth-order valence-electron chi connectivity index (χ4n) is 2.65. The summed E-state index contributed by atoms with van der Waals surface area (Å²) in [6, 6.07) is -0.159. The predicted octanol–water partition coefficient (Wildman–Crippen LogP) is 2.97. The Labute approximate surface area is 126 Å². The highest BCUT2D eigenvalue weighted by Gasteiger charge is 2.18. The topological polar surface area (TPSA) is 63.6 Å². The van der Waals surface area contributed by atoms with Crippen LogP contribution in [-0.2, 0) is 6.42 Å². The Morgan fingerprint density at radius 3 is 2.76 bits per heavy atom. The van der Waals surface area contributed by atoms with Gasteiger partial charge in [-0.25, -0.2) is 9.97 Å². The maximum atomic E-state index is 12.8. The second-order valence-corrected chi connectivity index (χ2v) is 6.46. The molecule has 3 rings (SSSR count). The van der Waals surface area contributed by atoms with Crippen LogP contribution in [0.15, 0.2) is 17.3 Å². The SMILES string of the molecule is CCc1c(C)sc2ncn([C@@H](C)c3ncc(C)[nH]3)c(=O)c12. The van der Waals surface area contributed by atoms with E-state index < -0.39 is 0 Å². The van der Waals surface area contributed by atoms with Crippen LogP contribution >= 0.6 is 11.3 Å². The average Bonchev–Trinajstić information content (AvgIpc) is 3.01. The Hall–Kier alpha value is -1.95. The first-order valence-corrected chi connectivity index (χ1v) is 7.85. The lowest BCUT2D eigenvalue weighted by Gasteiger charge is -2.12. The Bertz CT molecular complexity index is 858. The summed E-state index contributed by atoms with van der Waals surface area (Å²) < 4.78 is 1.66. The van der Waals surface area contributed by atoms with Gasteiger partial charge in [-0.3, -0.25) is 9.36 Å². The Kier molecular flexibility index (Phi) is 3.41. The molecule has 0 unspecified atom stereocenters. The molecule has 5 nitrogen and oxygen atoms in total. The lowest BCUT2D eigenvalue weighted by atomic mass is 10.1. The lowest BCUT2D eigenvalue weighted by molar-refractivity contribution is 0.580. The maximum absolute atomic E-state index is 12.8. The van der Waals surface area contributed by atoms with Gasteiger partial charge in [0.25, 0.3) is 5.56 Å². The summed E-state index contributed by atoms with van der Waals surface area (Å²) in [6.45, 7) is 8.03. The third-order valence-corrected chi connectivity index (χ3v) is 4.88. The van der Waals surface area contributed by atoms with Crippen LogP contribution in [-0.4, -0.2) is 19.5 Å². The quantitative estimate of drug-likeness (QED) is 0.809. The number of rotatable bonds is 3. The van der Waals surface area contributed by atoms with E-state index in [1.165, 1.54) is 4.88 Å². The molecule has 0 radical (unpaired) electrons. The minimum atomic E-state index is -0.159. The van der Waals surface area contributed by atoms with Crippen molar-refractivity contribution in [2.75, 3.05) is 0 Å². The largest absolute Gasteiger partial charge is 0.344 e. The molecular formula is C15H18N4OS. The van der Waals surface area contributed by atoms with Crippen molar-refractivity contribution in [3.63, 3.8) is 0 Å². The van der Waals surface area contributed by atoms with E-state index in [-0.39, 0.29) is 11.6 Å². The van der Waals surface area contributed by atoms with Crippen molar-refractivity contribution >= 4 is 21.6 Å². The van der Waals surface area contributed by atoms with E-state index in [9.17, 15) is 4.79 Å². The molecule has 0 aromatic carbocycles. The predicted molar refractivity (Wildman–Crippen MR) is 85.1 cm³/mol. The number of aromatic nitrogens is 4. The summed E-state index contributed by atoms with van der Waals surface area (Å²) in [7, 11) is 0. The summed E-state index contributed by atoms with van der Waals surface area (Å²) in [6.07, 6.45) is 4.25. The van der Waals surface area contributed by atoms with Crippen molar-refractivity contribution in [2.45, 2.75) is 40.2 Å². The maximum Gasteiger partial charge on any atom is 0.263 e. The molecular weight excluding hydrogens is 284 g/mol. The van der Waals surface area contributed by atoms with E-state index in [1.807, 2.05) is 20.8 Å². The van der Waals surface area contributed by atoms with Crippen molar-refractivity contribution < 1.29 is 0 Å². The molecule has 0 saturated carbocycles. The average molecular weight is 302 g/mol. The molecule has 3 heterocycles. The van der Waals surface area contributed by atoms with Crippen molar-refractivity contribution in [1.82, 2.24) is 19.5 Å². The molecule has 3 aromatic rings. The van der Waals surface area contributed by atoms with Gasteiger partial charge in [0.15, 0.2) is 0 Å². The number of nitrogens with one attached hydrogen (secondary N) is 1. The van der Waals surface area contributed by atoms with E-state index in [1.54, 1.807) is 28.4 Å². The van der Waals surface area contributed by atoms with Gasteiger partial charge in [0.1, 0.15) is 10.7 Å². The van der Waals surface area contributed by atoms with Gasteiger partial charge in [-0.2, -0.15) is 0 Å². The summed E-state index contributed by atoms with van der Waals surface area (Å²) >= 11 is 1.59. The van der Waals surface area contributed by atoms with E-state index in [0.717, 1.165) is 33.7 Å². The van der Waals surface area contributed by atoms with Crippen LogP contribution in [0.4, 0.5) is 0 Å². The van der Waals surface area contributed by atoms with Crippen LogP contribution < -0.4 is 5.56 Å². The van der Waals surface area contributed by atoms with Gasteiger partial charge in [0.05, 0.1) is 17.8 Å². The first kappa shape index (κ1) is 14.0. The van der Waals surface area contributed by atoms with Crippen molar-refractivity contribution in [1.29, 1.82) is 0 Å². The number of nitrogens with zero attached hydrogens (tertiary/aromatic N) is 3. The normalized spacial score (nSPS) is 13.0. The molecule has 6 heteroatoms. The minimum Gasteiger partial charge on any atom is -0.344 e. The number of hydrogen-bond donors (Lipinski definition) is 1. The van der Waals surface area contributed by atoms with Gasteiger partial charge in [0.2, 0.25) is 0 Å². The first-order valence-electron chi connectivity index (χ1n) is 7.03. The van der Waals surface area contributed by atoms with Crippen molar-refractivity contribution in [3.8, 4) is 0 Å². The molecule has 0 amide bonds. The van der Waals surface area contributed by atoms with Crippen molar-refractivity contribution in [3.05, 3.63) is 44.8 Å².